The molecule has 1 aromatic carbocycles. The van der Waals surface area contributed by atoms with Crippen LogP contribution in [0.3, 0.4) is 0 Å². The van der Waals surface area contributed by atoms with Gasteiger partial charge < -0.3 is 15.5 Å². The molecule has 0 bridgehead atoms. The Kier molecular flexibility index (Phi) is 7.95. The maximum absolute atomic E-state index is 12.5. The minimum Gasteiger partial charge on any atom is -0.342 e. The molecular weight excluding hydrogens is 416 g/mol. The van der Waals surface area contributed by atoms with Gasteiger partial charge in [0.25, 0.3) is 5.24 Å². The monoisotopic (exact) mass is 446 g/mol. The van der Waals surface area contributed by atoms with E-state index < -0.39 is 0 Å². The van der Waals surface area contributed by atoms with E-state index in [1.54, 1.807) is 24.3 Å². The topological polar surface area (TPSA) is 98.8 Å². The van der Waals surface area contributed by atoms with E-state index in [0.717, 1.165) is 43.0 Å². The van der Waals surface area contributed by atoms with Crippen molar-refractivity contribution >= 4 is 40.5 Å². The van der Waals surface area contributed by atoms with Gasteiger partial charge in [-0.15, -0.1) is 0 Å². The third-order valence-electron chi connectivity index (χ3n) is 5.87. The van der Waals surface area contributed by atoms with Gasteiger partial charge in [0.1, 0.15) is 0 Å². The molecule has 0 aliphatic carbocycles. The summed E-state index contributed by atoms with van der Waals surface area (Å²) in [6.07, 6.45) is 3.21. The van der Waals surface area contributed by atoms with E-state index >= 15 is 0 Å². The number of nitrogens with one attached hydrogen (secondary N) is 2. The van der Waals surface area contributed by atoms with Gasteiger partial charge in [-0.2, -0.15) is 0 Å². The number of likely N-dealkylation sites (tertiary alicyclic amines) is 1. The zero-order chi connectivity index (χ0) is 22.4. The largest absolute Gasteiger partial charge is 0.342 e. The number of anilines is 1. The van der Waals surface area contributed by atoms with E-state index in [0.29, 0.717) is 18.8 Å². The third kappa shape index (κ3) is 6.00. The second-order valence-corrected chi connectivity index (χ2v) is 8.87. The lowest BCUT2D eigenvalue weighted by atomic mass is 9.98. The van der Waals surface area contributed by atoms with Gasteiger partial charge in [0.05, 0.1) is 12.3 Å². The fraction of sp³-hybridized carbons (Fsp3) is 0.545. The van der Waals surface area contributed by atoms with Crippen LogP contribution in [0.2, 0.25) is 0 Å². The lowest BCUT2D eigenvalue weighted by Gasteiger charge is -2.34. The summed E-state index contributed by atoms with van der Waals surface area (Å²) < 4.78 is 0. The molecule has 0 aromatic heterocycles. The zero-order valence-electron chi connectivity index (χ0n) is 18.1. The van der Waals surface area contributed by atoms with E-state index in [1.165, 1.54) is 4.90 Å². The van der Waals surface area contributed by atoms with Crippen molar-refractivity contribution in [2.24, 2.45) is 5.92 Å². The summed E-state index contributed by atoms with van der Waals surface area (Å²) in [6, 6.07) is 6.85. The molecular formula is C22H30N4O4S. The molecule has 0 spiro atoms. The summed E-state index contributed by atoms with van der Waals surface area (Å²) >= 11 is 1.02. The number of carbonyl (C=O) groups excluding carboxylic acids is 4. The highest BCUT2D eigenvalue weighted by atomic mass is 32.2. The standard InChI is InChI=1S/C22H30N4O4S/c1-3-16(4-2)20(28)25-11-9-18(10-12-25)24-21(29)23-17-7-5-15(6-8-17)13-26-19(27)14-31-22(26)30/h5-8,16,18H,3-4,9-14H2,1-2H3,(H2,23,24,29). The SMILES string of the molecule is CCC(CC)C(=O)N1CCC(NC(=O)Nc2ccc(CN3C(=O)CSC3=O)cc2)CC1. The number of rotatable bonds is 7. The molecule has 2 heterocycles. The van der Waals surface area contributed by atoms with E-state index in [4.69, 9.17) is 0 Å². The van der Waals surface area contributed by atoms with Crippen LogP contribution in [0.5, 0.6) is 0 Å². The van der Waals surface area contributed by atoms with Crippen LogP contribution in [0.4, 0.5) is 15.3 Å². The van der Waals surface area contributed by atoms with Crippen LogP contribution in [0.1, 0.15) is 45.1 Å². The Bertz CT molecular complexity index is 801. The lowest BCUT2D eigenvalue weighted by molar-refractivity contribution is -0.136. The molecule has 1 aromatic rings. The highest BCUT2D eigenvalue weighted by Gasteiger charge is 2.30. The van der Waals surface area contributed by atoms with Gasteiger partial charge in [-0.25, -0.2) is 4.79 Å². The molecule has 2 aliphatic heterocycles. The minimum absolute atomic E-state index is 0.0368. The van der Waals surface area contributed by atoms with Crippen molar-refractivity contribution < 1.29 is 19.2 Å². The summed E-state index contributed by atoms with van der Waals surface area (Å²) in [7, 11) is 0. The predicted octanol–water partition coefficient (Wildman–Crippen LogP) is 3.43. The molecule has 2 saturated heterocycles. The quantitative estimate of drug-likeness (QED) is 0.669. The number of nitrogens with zero attached hydrogens (tertiary/aromatic N) is 2. The Morgan fingerprint density at radius 3 is 2.29 bits per heavy atom. The van der Waals surface area contributed by atoms with Crippen LogP contribution in [0, 0.1) is 5.92 Å². The summed E-state index contributed by atoms with van der Waals surface area (Å²) in [5.74, 6) is 0.341. The molecule has 168 valence electrons. The highest BCUT2D eigenvalue weighted by molar-refractivity contribution is 8.14. The number of carbonyl (C=O) groups is 4. The van der Waals surface area contributed by atoms with Crippen LogP contribution in [-0.2, 0) is 16.1 Å². The van der Waals surface area contributed by atoms with Crippen molar-refractivity contribution in [3.8, 4) is 0 Å². The molecule has 3 rings (SSSR count). The number of imide groups is 1. The van der Waals surface area contributed by atoms with Crippen LogP contribution in [-0.4, -0.2) is 57.8 Å². The third-order valence-corrected chi connectivity index (χ3v) is 6.73. The van der Waals surface area contributed by atoms with E-state index in [9.17, 15) is 19.2 Å². The van der Waals surface area contributed by atoms with E-state index in [1.807, 2.05) is 18.7 Å². The normalized spacial score (nSPS) is 17.4. The Balaban J connectivity index is 1.43. The van der Waals surface area contributed by atoms with Crippen molar-refractivity contribution in [2.75, 3.05) is 24.2 Å². The number of hydrogen-bond donors (Lipinski definition) is 2. The first kappa shape index (κ1) is 23.1. The average molecular weight is 447 g/mol. The summed E-state index contributed by atoms with van der Waals surface area (Å²) in [5.41, 5.74) is 1.46. The number of piperidine rings is 1. The molecule has 0 radical (unpaired) electrons. The average Bonchev–Trinajstić information content (AvgIpc) is 3.08. The minimum atomic E-state index is -0.279. The number of thioether (sulfide) groups is 1. The van der Waals surface area contributed by atoms with Crippen molar-refractivity contribution in [3.05, 3.63) is 29.8 Å². The molecule has 5 amide bonds. The number of urea groups is 1. The molecule has 2 fully saturated rings. The molecule has 0 saturated carbocycles. The molecule has 31 heavy (non-hydrogen) atoms. The summed E-state index contributed by atoms with van der Waals surface area (Å²) in [4.78, 5) is 51.4. The Hall–Kier alpha value is -2.55. The smallest absolute Gasteiger partial charge is 0.319 e. The molecule has 0 atom stereocenters. The Morgan fingerprint density at radius 1 is 1.10 bits per heavy atom. The second-order valence-electron chi connectivity index (χ2n) is 7.94. The molecule has 8 nitrogen and oxygen atoms in total. The van der Waals surface area contributed by atoms with Gasteiger partial charge in [0, 0.05) is 30.7 Å². The van der Waals surface area contributed by atoms with Crippen molar-refractivity contribution in [3.63, 3.8) is 0 Å². The molecule has 2 aliphatic rings. The summed E-state index contributed by atoms with van der Waals surface area (Å²) in [6.45, 7) is 5.66. The first-order valence-corrected chi connectivity index (χ1v) is 11.8. The second kappa shape index (κ2) is 10.7. The van der Waals surface area contributed by atoms with Gasteiger partial charge in [-0.05, 0) is 43.4 Å². The Labute approximate surface area is 187 Å². The zero-order valence-corrected chi connectivity index (χ0v) is 18.9. The van der Waals surface area contributed by atoms with Crippen LogP contribution in [0.15, 0.2) is 24.3 Å². The fourth-order valence-corrected chi connectivity index (χ4v) is 4.63. The first-order chi connectivity index (χ1) is 14.9. The van der Waals surface area contributed by atoms with Crippen LogP contribution in [0.25, 0.3) is 0 Å². The molecule has 0 unspecified atom stereocenters. The summed E-state index contributed by atoms with van der Waals surface area (Å²) in [5, 5.41) is 5.57. The lowest BCUT2D eigenvalue weighted by Crippen LogP contribution is -2.48. The van der Waals surface area contributed by atoms with Crippen molar-refractivity contribution in [1.29, 1.82) is 0 Å². The number of benzene rings is 1. The van der Waals surface area contributed by atoms with Crippen molar-refractivity contribution in [2.45, 2.75) is 52.1 Å². The van der Waals surface area contributed by atoms with E-state index in [-0.39, 0.29) is 47.3 Å². The van der Waals surface area contributed by atoms with Gasteiger partial charge in [-0.3, -0.25) is 19.3 Å². The van der Waals surface area contributed by atoms with Gasteiger partial charge in [0.15, 0.2) is 0 Å². The van der Waals surface area contributed by atoms with Crippen LogP contribution >= 0.6 is 11.8 Å². The number of hydrogen-bond acceptors (Lipinski definition) is 5. The maximum atomic E-state index is 12.5. The van der Waals surface area contributed by atoms with Crippen molar-refractivity contribution in [1.82, 2.24) is 15.1 Å². The van der Waals surface area contributed by atoms with Crippen LogP contribution < -0.4 is 10.6 Å². The molecule has 9 heteroatoms. The first-order valence-electron chi connectivity index (χ1n) is 10.8. The maximum Gasteiger partial charge on any atom is 0.319 e. The number of amides is 5. The van der Waals surface area contributed by atoms with Gasteiger partial charge >= 0.3 is 6.03 Å². The fourth-order valence-electron chi connectivity index (χ4n) is 3.90. The molecule has 2 N–H and O–H groups in total. The highest BCUT2D eigenvalue weighted by Crippen LogP contribution is 2.22. The predicted molar refractivity (Wildman–Crippen MR) is 121 cm³/mol. The van der Waals surface area contributed by atoms with E-state index in [2.05, 4.69) is 10.6 Å². The van der Waals surface area contributed by atoms with Gasteiger partial charge in [-0.1, -0.05) is 37.7 Å². The van der Waals surface area contributed by atoms with Gasteiger partial charge in [0.2, 0.25) is 11.8 Å². The Morgan fingerprint density at radius 2 is 1.74 bits per heavy atom.